The van der Waals surface area contributed by atoms with Crippen molar-refractivity contribution in [2.24, 2.45) is 11.5 Å². The summed E-state index contributed by atoms with van der Waals surface area (Å²) in [4.78, 5) is 20.0. The number of hydrogen-bond acceptors (Lipinski definition) is 4. The van der Waals surface area contributed by atoms with Gasteiger partial charge in [-0.15, -0.1) is 0 Å². The molecule has 0 rings (SSSR count). The average Bonchev–Trinajstić information content (AvgIpc) is 2.71. The van der Waals surface area contributed by atoms with Crippen LogP contribution < -0.4 is 11.5 Å². The van der Waals surface area contributed by atoms with Gasteiger partial charge in [-0.05, 0) is 70.9 Å². The Balaban J connectivity index is 0. The van der Waals surface area contributed by atoms with Gasteiger partial charge in [0, 0.05) is 12.8 Å². The van der Waals surface area contributed by atoms with Crippen molar-refractivity contribution >= 4 is 11.9 Å². The van der Waals surface area contributed by atoms with Crippen molar-refractivity contribution in [3.8, 4) is 0 Å². The minimum atomic E-state index is -0.773. The van der Waals surface area contributed by atoms with Crippen LogP contribution in [0.5, 0.6) is 0 Å². The lowest BCUT2D eigenvalue weighted by atomic mass is 10.2. The molecule has 6 nitrogen and oxygen atoms in total. The first-order valence-electron chi connectivity index (χ1n) is 11.0. The zero-order valence-electron chi connectivity index (χ0n) is 18.4. The molecular formula is C24H42N2O4. The van der Waals surface area contributed by atoms with Crippen molar-refractivity contribution in [3.63, 3.8) is 0 Å². The van der Waals surface area contributed by atoms with Crippen LogP contribution in [0, 0.1) is 0 Å². The summed E-state index contributed by atoms with van der Waals surface area (Å²) in [6.45, 7) is 1.27. The van der Waals surface area contributed by atoms with E-state index in [-0.39, 0.29) is 12.8 Å². The minimum absolute atomic E-state index is 0.191. The Labute approximate surface area is 182 Å². The molecule has 0 saturated heterocycles. The third-order valence-corrected chi connectivity index (χ3v) is 3.91. The molecule has 0 aliphatic carbocycles. The molecule has 0 aliphatic heterocycles. The topological polar surface area (TPSA) is 127 Å². The fraction of sp³-hybridized carbons (Fsp3) is 0.583. The Bertz CT molecular complexity index is 511. The number of allylic oxidation sites excluding steroid dienone is 8. The maximum Gasteiger partial charge on any atom is 0.303 e. The molecule has 6 heteroatoms. The zero-order chi connectivity index (χ0) is 22.7. The minimum Gasteiger partial charge on any atom is -0.481 e. The molecule has 0 unspecified atom stereocenters. The van der Waals surface area contributed by atoms with Crippen LogP contribution in [0.25, 0.3) is 0 Å². The fourth-order valence-corrected chi connectivity index (χ4v) is 2.26. The van der Waals surface area contributed by atoms with E-state index in [2.05, 4.69) is 48.6 Å². The zero-order valence-corrected chi connectivity index (χ0v) is 18.4. The summed E-state index contributed by atoms with van der Waals surface area (Å²) in [5.74, 6) is -1.49. The fourth-order valence-electron chi connectivity index (χ4n) is 2.26. The molecule has 0 aromatic heterocycles. The monoisotopic (exact) mass is 422 g/mol. The molecule has 6 N–H and O–H groups in total. The maximum absolute atomic E-state index is 10.3. The second-order valence-corrected chi connectivity index (χ2v) is 6.80. The SMILES string of the molecule is NCCCC(=O)O.NCCCCC/C=C\C/C=C\C/C=C\C/C=C\CCCC(=O)O. The summed E-state index contributed by atoms with van der Waals surface area (Å²) in [5.41, 5.74) is 10.5. The number of unbranched alkanes of at least 4 members (excludes halogenated alkanes) is 4. The Morgan fingerprint density at radius 1 is 0.533 bits per heavy atom. The lowest BCUT2D eigenvalue weighted by Gasteiger charge is -1.93. The lowest BCUT2D eigenvalue weighted by Crippen LogP contribution is -2.02. The quantitative estimate of drug-likeness (QED) is 0.182. The molecule has 0 radical (unpaired) electrons. The number of rotatable bonds is 18. The first-order valence-corrected chi connectivity index (χ1v) is 11.0. The highest BCUT2D eigenvalue weighted by atomic mass is 16.4. The van der Waals surface area contributed by atoms with E-state index in [1.54, 1.807) is 0 Å². The average molecular weight is 423 g/mol. The molecule has 0 saturated carbocycles. The second-order valence-electron chi connectivity index (χ2n) is 6.80. The maximum atomic E-state index is 10.3. The van der Waals surface area contributed by atoms with Crippen molar-refractivity contribution in [1.29, 1.82) is 0 Å². The van der Waals surface area contributed by atoms with Gasteiger partial charge in [-0.25, -0.2) is 0 Å². The van der Waals surface area contributed by atoms with Gasteiger partial charge in [0.15, 0.2) is 0 Å². The third kappa shape index (κ3) is 33.4. The Morgan fingerprint density at radius 3 is 1.33 bits per heavy atom. The van der Waals surface area contributed by atoms with Crippen LogP contribution >= 0.6 is 0 Å². The molecule has 0 aromatic rings. The van der Waals surface area contributed by atoms with Crippen LogP contribution in [0.2, 0.25) is 0 Å². The van der Waals surface area contributed by atoms with Gasteiger partial charge in [0.25, 0.3) is 0 Å². The molecule has 0 bridgehead atoms. The van der Waals surface area contributed by atoms with Crippen LogP contribution in [-0.4, -0.2) is 35.2 Å². The predicted molar refractivity (Wildman–Crippen MR) is 125 cm³/mol. The van der Waals surface area contributed by atoms with E-state index in [1.165, 1.54) is 12.8 Å². The van der Waals surface area contributed by atoms with Gasteiger partial charge in [0.2, 0.25) is 0 Å². The number of carboxylic acids is 2. The van der Waals surface area contributed by atoms with Crippen LogP contribution in [-0.2, 0) is 9.59 Å². The molecule has 0 aromatic carbocycles. The highest BCUT2D eigenvalue weighted by Crippen LogP contribution is 2.01. The first-order chi connectivity index (χ1) is 14.5. The van der Waals surface area contributed by atoms with E-state index in [1.807, 2.05) is 0 Å². The van der Waals surface area contributed by atoms with Gasteiger partial charge in [-0.3, -0.25) is 9.59 Å². The summed E-state index contributed by atoms with van der Waals surface area (Å²) in [5, 5.41) is 16.5. The second kappa shape index (κ2) is 26.8. The Kier molecular flexibility index (Phi) is 26.8. The van der Waals surface area contributed by atoms with Crippen molar-refractivity contribution in [3.05, 3.63) is 48.6 Å². The van der Waals surface area contributed by atoms with E-state index in [9.17, 15) is 9.59 Å². The molecule has 172 valence electrons. The number of hydrogen-bond donors (Lipinski definition) is 4. The smallest absolute Gasteiger partial charge is 0.303 e. The summed E-state index contributed by atoms with van der Waals surface area (Å²) in [6, 6.07) is 0. The van der Waals surface area contributed by atoms with Gasteiger partial charge in [0.05, 0.1) is 0 Å². The number of carbonyl (C=O) groups is 2. The normalized spacial score (nSPS) is 11.5. The van der Waals surface area contributed by atoms with Crippen molar-refractivity contribution in [1.82, 2.24) is 0 Å². The molecule has 0 spiro atoms. The molecule has 0 fully saturated rings. The molecule has 30 heavy (non-hydrogen) atoms. The van der Waals surface area contributed by atoms with Gasteiger partial charge >= 0.3 is 11.9 Å². The van der Waals surface area contributed by atoms with E-state index < -0.39 is 11.9 Å². The van der Waals surface area contributed by atoms with E-state index in [0.717, 1.165) is 51.5 Å². The van der Waals surface area contributed by atoms with E-state index in [4.69, 9.17) is 21.7 Å². The van der Waals surface area contributed by atoms with Crippen LogP contribution in [0.15, 0.2) is 48.6 Å². The molecule has 0 amide bonds. The van der Waals surface area contributed by atoms with Crippen LogP contribution in [0.1, 0.15) is 77.0 Å². The third-order valence-electron chi connectivity index (χ3n) is 3.91. The predicted octanol–water partition coefficient (Wildman–Crippen LogP) is 4.97. The molecular weight excluding hydrogens is 380 g/mol. The van der Waals surface area contributed by atoms with Crippen molar-refractivity contribution in [2.45, 2.75) is 77.0 Å². The highest BCUT2D eigenvalue weighted by Gasteiger charge is 1.92. The van der Waals surface area contributed by atoms with Crippen LogP contribution in [0.3, 0.4) is 0 Å². The lowest BCUT2D eigenvalue weighted by molar-refractivity contribution is -0.138. The van der Waals surface area contributed by atoms with E-state index in [0.29, 0.717) is 13.0 Å². The van der Waals surface area contributed by atoms with Crippen molar-refractivity contribution in [2.75, 3.05) is 13.1 Å². The van der Waals surface area contributed by atoms with Gasteiger partial charge in [-0.1, -0.05) is 55.0 Å². The molecule has 0 atom stereocenters. The number of carboxylic acid groups (broad SMARTS) is 2. The standard InChI is InChI=1S/C20H33NO2.C4H9NO2/c21-19-17-15-13-11-9-7-5-3-1-2-4-6-8-10-12-14-16-18-20(22)23;5-3-1-2-4(6)7/h1,3-4,6-7,9-10,12H,2,5,8,11,13-19,21H2,(H,22,23);1-3,5H2,(H,6,7)/b3-1-,6-4-,9-7-,12-10-;. The highest BCUT2D eigenvalue weighted by molar-refractivity contribution is 5.66. The van der Waals surface area contributed by atoms with Gasteiger partial charge in [-0.2, -0.15) is 0 Å². The largest absolute Gasteiger partial charge is 0.481 e. The Hall–Kier alpha value is -2.18. The number of nitrogens with two attached hydrogens (primary N) is 2. The first kappa shape index (κ1) is 30.0. The van der Waals surface area contributed by atoms with Crippen LogP contribution in [0.4, 0.5) is 0 Å². The number of aliphatic carboxylic acids is 2. The van der Waals surface area contributed by atoms with E-state index >= 15 is 0 Å². The Morgan fingerprint density at radius 2 is 0.933 bits per heavy atom. The summed E-state index contributed by atoms with van der Waals surface area (Å²) >= 11 is 0. The van der Waals surface area contributed by atoms with Crippen molar-refractivity contribution < 1.29 is 19.8 Å². The summed E-state index contributed by atoms with van der Waals surface area (Å²) in [7, 11) is 0. The summed E-state index contributed by atoms with van der Waals surface area (Å²) < 4.78 is 0. The summed E-state index contributed by atoms with van der Waals surface area (Å²) in [6.07, 6.45) is 27.6. The molecule has 0 aliphatic rings. The van der Waals surface area contributed by atoms with Gasteiger partial charge in [0.1, 0.15) is 0 Å². The molecule has 0 heterocycles. The van der Waals surface area contributed by atoms with Gasteiger partial charge < -0.3 is 21.7 Å².